The number of sulfonamides is 1. The van der Waals surface area contributed by atoms with Gasteiger partial charge in [0.2, 0.25) is 15.9 Å². The van der Waals surface area contributed by atoms with Crippen molar-refractivity contribution >= 4 is 48.9 Å². The molecule has 1 aromatic heterocycles. The van der Waals surface area contributed by atoms with Crippen molar-refractivity contribution in [1.82, 2.24) is 4.98 Å². The van der Waals surface area contributed by atoms with Gasteiger partial charge in [0.05, 0.1) is 26.7 Å². The van der Waals surface area contributed by atoms with Crippen molar-refractivity contribution < 1.29 is 13.2 Å². The molecule has 0 aliphatic rings. The maximum Gasteiger partial charge on any atom is 0.232 e. The van der Waals surface area contributed by atoms with Crippen LogP contribution in [0.25, 0.3) is 10.2 Å². The number of hydrogen-bond donors (Lipinski definition) is 2. The molecule has 0 aliphatic heterocycles. The molecule has 0 saturated heterocycles. The molecule has 0 atom stereocenters. The van der Waals surface area contributed by atoms with E-state index in [0.717, 1.165) is 15.2 Å². The van der Waals surface area contributed by atoms with Gasteiger partial charge >= 0.3 is 0 Å². The van der Waals surface area contributed by atoms with Gasteiger partial charge in [-0.1, -0.05) is 25.1 Å². The molecule has 1 heterocycles. The Morgan fingerprint density at radius 2 is 1.86 bits per heavy atom. The Bertz CT molecular complexity index is 1060. The van der Waals surface area contributed by atoms with E-state index >= 15 is 0 Å². The van der Waals surface area contributed by atoms with E-state index in [1.165, 1.54) is 0 Å². The summed E-state index contributed by atoms with van der Waals surface area (Å²) >= 11 is 1.59. The summed E-state index contributed by atoms with van der Waals surface area (Å²) in [7, 11) is -3.38. The van der Waals surface area contributed by atoms with Gasteiger partial charge in [-0.05, 0) is 43.2 Å². The molecule has 3 rings (SSSR count). The molecule has 28 heavy (non-hydrogen) atoms. The van der Waals surface area contributed by atoms with Crippen molar-refractivity contribution in [2.45, 2.75) is 33.1 Å². The topological polar surface area (TPSA) is 88.2 Å². The smallest absolute Gasteiger partial charge is 0.232 e. The molecule has 0 aliphatic carbocycles. The van der Waals surface area contributed by atoms with E-state index in [2.05, 4.69) is 15.0 Å². The van der Waals surface area contributed by atoms with Gasteiger partial charge in [0.25, 0.3) is 0 Å². The first-order chi connectivity index (χ1) is 13.4. The number of carbonyl (C=O) groups excluding carboxylic acids is 1. The Kier molecular flexibility index (Phi) is 6.31. The Balaban J connectivity index is 1.64. The summed E-state index contributed by atoms with van der Waals surface area (Å²) in [5, 5.41) is 3.80. The van der Waals surface area contributed by atoms with Crippen LogP contribution in [0.2, 0.25) is 0 Å². The van der Waals surface area contributed by atoms with Crippen LogP contribution in [0.5, 0.6) is 0 Å². The summed E-state index contributed by atoms with van der Waals surface area (Å²) in [6.45, 7) is 3.60. The third-order valence-corrected chi connectivity index (χ3v) is 6.82. The van der Waals surface area contributed by atoms with Crippen molar-refractivity contribution in [3.63, 3.8) is 0 Å². The number of para-hydroxylation sites is 1. The quantitative estimate of drug-likeness (QED) is 0.571. The number of fused-ring (bicyclic) bond motifs is 1. The monoisotopic (exact) mass is 417 g/mol. The zero-order valence-corrected chi connectivity index (χ0v) is 17.5. The first-order valence-corrected chi connectivity index (χ1v) is 11.6. The average molecular weight is 418 g/mol. The summed E-state index contributed by atoms with van der Waals surface area (Å²) < 4.78 is 27.7. The Morgan fingerprint density at radius 3 is 2.61 bits per heavy atom. The van der Waals surface area contributed by atoms with Gasteiger partial charge in [0.15, 0.2) is 0 Å². The summed E-state index contributed by atoms with van der Waals surface area (Å²) in [5.74, 6) is -0.0681. The first-order valence-electron chi connectivity index (χ1n) is 9.12. The minimum Gasteiger partial charge on any atom is -0.326 e. The maximum atomic E-state index is 12.4. The van der Waals surface area contributed by atoms with Crippen LogP contribution in [0.3, 0.4) is 0 Å². The molecule has 0 radical (unpaired) electrons. The van der Waals surface area contributed by atoms with E-state index in [4.69, 9.17) is 0 Å². The van der Waals surface area contributed by atoms with Gasteiger partial charge in [-0.2, -0.15) is 0 Å². The summed E-state index contributed by atoms with van der Waals surface area (Å²) in [4.78, 5) is 16.9. The van der Waals surface area contributed by atoms with Crippen molar-refractivity contribution in [3.8, 4) is 0 Å². The number of hydrogen-bond acceptors (Lipinski definition) is 5. The fourth-order valence-electron chi connectivity index (χ4n) is 2.83. The van der Waals surface area contributed by atoms with Gasteiger partial charge in [-0.3, -0.25) is 9.52 Å². The standard InChI is InChI=1S/C20H23N3O3S2/c1-3-13-28(25,26)23-16-9-6-8-15(14(16)2)21-19(24)11-12-20-22-17-7-4-5-10-18(17)27-20/h4-10,23H,3,11-13H2,1-2H3,(H,21,24). The van der Waals surface area contributed by atoms with Gasteiger partial charge in [0.1, 0.15) is 0 Å². The van der Waals surface area contributed by atoms with Crippen LogP contribution in [0, 0.1) is 6.92 Å². The highest BCUT2D eigenvalue weighted by molar-refractivity contribution is 7.92. The summed E-state index contributed by atoms with van der Waals surface area (Å²) in [6, 6.07) is 13.1. The van der Waals surface area contributed by atoms with E-state index in [-0.39, 0.29) is 11.7 Å². The molecule has 148 valence electrons. The van der Waals surface area contributed by atoms with E-state index in [9.17, 15) is 13.2 Å². The van der Waals surface area contributed by atoms with E-state index < -0.39 is 10.0 Å². The number of nitrogens with zero attached hydrogens (tertiary/aromatic N) is 1. The second-order valence-electron chi connectivity index (χ2n) is 6.52. The van der Waals surface area contributed by atoms with Crippen LogP contribution in [-0.4, -0.2) is 25.1 Å². The number of amides is 1. The molecule has 1 amide bonds. The Labute approximate surface area is 169 Å². The lowest BCUT2D eigenvalue weighted by Gasteiger charge is -2.14. The zero-order chi connectivity index (χ0) is 20.1. The molecular formula is C20H23N3O3S2. The minimum atomic E-state index is -3.38. The van der Waals surface area contributed by atoms with Crippen LogP contribution in [0.1, 0.15) is 30.3 Å². The fraction of sp³-hybridized carbons (Fsp3) is 0.300. The molecule has 0 bridgehead atoms. The van der Waals surface area contributed by atoms with Crippen LogP contribution in [0.4, 0.5) is 11.4 Å². The highest BCUT2D eigenvalue weighted by Gasteiger charge is 2.14. The molecule has 8 heteroatoms. The molecule has 0 spiro atoms. The lowest BCUT2D eigenvalue weighted by molar-refractivity contribution is -0.116. The van der Waals surface area contributed by atoms with Gasteiger partial charge in [-0.15, -0.1) is 11.3 Å². The van der Waals surface area contributed by atoms with E-state index in [1.54, 1.807) is 36.5 Å². The molecular weight excluding hydrogens is 394 g/mol. The number of benzene rings is 2. The summed E-state index contributed by atoms with van der Waals surface area (Å²) in [6.07, 6.45) is 1.41. The van der Waals surface area contributed by atoms with Gasteiger partial charge in [0, 0.05) is 18.5 Å². The Morgan fingerprint density at radius 1 is 1.11 bits per heavy atom. The number of aryl methyl sites for hydroxylation is 1. The number of anilines is 2. The number of thiazole rings is 1. The second kappa shape index (κ2) is 8.70. The van der Waals surface area contributed by atoms with Crippen molar-refractivity contribution in [2.75, 3.05) is 15.8 Å². The molecule has 3 aromatic rings. The second-order valence-corrected chi connectivity index (χ2v) is 9.48. The van der Waals surface area contributed by atoms with Crippen LogP contribution >= 0.6 is 11.3 Å². The lowest BCUT2D eigenvalue weighted by Crippen LogP contribution is -2.18. The van der Waals surface area contributed by atoms with E-state index in [0.29, 0.717) is 36.2 Å². The molecule has 0 fully saturated rings. The molecule has 2 aromatic carbocycles. The largest absolute Gasteiger partial charge is 0.326 e. The summed E-state index contributed by atoms with van der Waals surface area (Å²) in [5.41, 5.74) is 2.73. The van der Waals surface area contributed by atoms with E-state index in [1.807, 2.05) is 31.2 Å². The zero-order valence-electron chi connectivity index (χ0n) is 15.9. The molecule has 0 saturated carbocycles. The average Bonchev–Trinajstić information content (AvgIpc) is 3.06. The first kappa shape index (κ1) is 20.3. The SMILES string of the molecule is CCCS(=O)(=O)Nc1cccc(NC(=O)CCc2nc3ccccc3s2)c1C. The highest BCUT2D eigenvalue weighted by Crippen LogP contribution is 2.25. The molecule has 6 nitrogen and oxygen atoms in total. The molecule has 2 N–H and O–H groups in total. The number of rotatable bonds is 8. The fourth-order valence-corrected chi connectivity index (χ4v) is 4.99. The number of nitrogens with one attached hydrogen (secondary N) is 2. The van der Waals surface area contributed by atoms with Crippen molar-refractivity contribution in [3.05, 3.63) is 53.0 Å². The van der Waals surface area contributed by atoms with Crippen molar-refractivity contribution in [1.29, 1.82) is 0 Å². The van der Waals surface area contributed by atoms with Crippen molar-refractivity contribution in [2.24, 2.45) is 0 Å². The lowest BCUT2D eigenvalue weighted by atomic mass is 10.1. The predicted octanol–water partition coefficient (Wildman–Crippen LogP) is 4.33. The van der Waals surface area contributed by atoms with Crippen LogP contribution in [0.15, 0.2) is 42.5 Å². The van der Waals surface area contributed by atoms with Crippen LogP contribution in [-0.2, 0) is 21.2 Å². The number of carbonyl (C=O) groups is 1. The third-order valence-electron chi connectivity index (χ3n) is 4.25. The third kappa shape index (κ3) is 5.08. The minimum absolute atomic E-state index is 0.0607. The molecule has 0 unspecified atom stereocenters. The van der Waals surface area contributed by atoms with Crippen LogP contribution < -0.4 is 10.0 Å². The normalized spacial score (nSPS) is 11.5. The maximum absolute atomic E-state index is 12.4. The van der Waals surface area contributed by atoms with Gasteiger partial charge < -0.3 is 5.32 Å². The van der Waals surface area contributed by atoms with Gasteiger partial charge in [-0.25, -0.2) is 13.4 Å². The Hall–Kier alpha value is -2.45. The number of aromatic nitrogens is 1. The predicted molar refractivity (Wildman–Crippen MR) is 115 cm³/mol. The highest BCUT2D eigenvalue weighted by atomic mass is 32.2.